The summed E-state index contributed by atoms with van der Waals surface area (Å²) in [5, 5.41) is 15.4. The van der Waals surface area contributed by atoms with Crippen LogP contribution in [-0.4, -0.2) is 5.11 Å². The molecule has 3 rings (SSSR count). The summed E-state index contributed by atoms with van der Waals surface area (Å²) < 4.78 is 0. The van der Waals surface area contributed by atoms with E-state index >= 15 is 0 Å². The van der Waals surface area contributed by atoms with Gasteiger partial charge in [-0.3, -0.25) is 0 Å². The Morgan fingerprint density at radius 1 is 0.929 bits per heavy atom. The molecule has 0 bridgehead atoms. The van der Waals surface area contributed by atoms with Crippen LogP contribution in [0.4, 0.5) is 5.69 Å². The first-order chi connectivity index (χ1) is 13.4. The van der Waals surface area contributed by atoms with Gasteiger partial charge in [0.05, 0.1) is 0 Å². The second-order valence-electron chi connectivity index (χ2n) is 7.71. The molecule has 3 aromatic rings. The zero-order valence-corrected chi connectivity index (χ0v) is 18.2. The summed E-state index contributed by atoms with van der Waals surface area (Å²) in [7, 11) is 0.581. The molecule has 0 spiro atoms. The van der Waals surface area contributed by atoms with Crippen molar-refractivity contribution in [3.05, 3.63) is 89.0 Å². The monoisotopic (exact) mass is 391 g/mol. The third-order valence-corrected chi connectivity index (χ3v) is 7.31. The molecule has 0 aromatic heterocycles. The van der Waals surface area contributed by atoms with E-state index in [-0.39, 0.29) is 5.16 Å². The van der Waals surface area contributed by atoms with Gasteiger partial charge in [-0.25, -0.2) is 0 Å². The molecule has 2 atom stereocenters. The SMILES string of the molecule is CCC(C)(Pc1ccc(C)cc1CNc1ccccc1)c1cc(C)ccc1O. The molecule has 0 aliphatic heterocycles. The van der Waals surface area contributed by atoms with Gasteiger partial charge in [0, 0.05) is 23.0 Å². The number of nitrogens with one attached hydrogen (secondary N) is 1. The van der Waals surface area contributed by atoms with Crippen molar-refractivity contribution in [1.29, 1.82) is 0 Å². The Balaban J connectivity index is 1.90. The summed E-state index contributed by atoms with van der Waals surface area (Å²) in [6.45, 7) is 9.51. The largest absolute Gasteiger partial charge is 0.508 e. The van der Waals surface area contributed by atoms with Gasteiger partial charge in [-0.1, -0.05) is 82.1 Å². The zero-order valence-electron chi connectivity index (χ0n) is 17.2. The molecule has 0 aliphatic rings. The van der Waals surface area contributed by atoms with E-state index in [4.69, 9.17) is 0 Å². The van der Waals surface area contributed by atoms with Gasteiger partial charge < -0.3 is 10.4 Å². The van der Waals surface area contributed by atoms with E-state index in [0.717, 1.165) is 24.2 Å². The fourth-order valence-corrected chi connectivity index (χ4v) is 5.07. The minimum atomic E-state index is -0.0904. The van der Waals surface area contributed by atoms with Gasteiger partial charge in [0.25, 0.3) is 0 Å². The molecular formula is C25H30NOP. The van der Waals surface area contributed by atoms with Crippen molar-refractivity contribution in [2.24, 2.45) is 0 Å². The van der Waals surface area contributed by atoms with Gasteiger partial charge in [0.15, 0.2) is 0 Å². The van der Waals surface area contributed by atoms with Crippen molar-refractivity contribution < 1.29 is 5.11 Å². The van der Waals surface area contributed by atoms with Crippen LogP contribution in [0.15, 0.2) is 66.7 Å². The van der Waals surface area contributed by atoms with Crippen LogP contribution in [0.1, 0.15) is 42.5 Å². The van der Waals surface area contributed by atoms with E-state index in [1.807, 2.05) is 18.2 Å². The number of aromatic hydroxyl groups is 1. The molecule has 2 unspecified atom stereocenters. The fraction of sp³-hybridized carbons (Fsp3) is 0.280. The lowest BCUT2D eigenvalue weighted by molar-refractivity contribution is 0.456. The normalized spacial score (nSPS) is 13.6. The predicted molar refractivity (Wildman–Crippen MR) is 123 cm³/mol. The number of phenols is 1. The molecule has 2 N–H and O–H groups in total. The Morgan fingerprint density at radius 3 is 2.32 bits per heavy atom. The maximum absolute atomic E-state index is 10.5. The van der Waals surface area contributed by atoms with Crippen LogP contribution in [0.5, 0.6) is 5.75 Å². The molecule has 0 amide bonds. The third-order valence-electron chi connectivity index (χ3n) is 5.38. The Kier molecular flexibility index (Phi) is 6.42. The van der Waals surface area contributed by atoms with Crippen LogP contribution >= 0.6 is 8.58 Å². The molecule has 3 heteroatoms. The van der Waals surface area contributed by atoms with Crippen molar-refractivity contribution in [3.8, 4) is 5.75 Å². The lowest BCUT2D eigenvalue weighted by Gasteiger charge is -2.31. The number of anilines is 1. The summed E-state index contributed by atoms with van der Waals surface area (Å²) >= 11 is 0. The van der Waals surface area contributed by atoms with Crippen molar-refractivity contribution in [3.63, 3.8) is 0 Å². The van der Waals surface area contributed by atoms with E-state index in [9.17, 15) is 5.11 Å². The first-order valence-corrected chi connectivity index (χ1v) is 10.9. The molecule has 0 saturated heterocycles. The van der Waals surface area contributed by atoms with Crippen LogP contribution in [0.25, 0.3) is 0 Å². The minimum absolute atomic E-state index is 0.0904. The fourth-order valence-electron chi connectivity index (χ4n) is 3.48. The third kappa shape index (κ3) is 4.75. The first-order valence-electron chi connectivity index (χ1n) is 9.88. The number of hydrogen-bond donors (Lipinski definition) is 2. The van der Waals surface area contributed by atoms with Crippen molar-refractivity contribution in [2.75, 3.05) is 5.32 Å². The number of benzene rings is 3. The first kappa shape index (κ1) is 20.4. The second kappa shape index (κ2) is 8.80. The number of phenolic OH excluding ortho intramolecular Hbond substituents is 1. The molecule has 28 heavy (non-hydrogen) atoms. The smallest absolute Gasteiger partial charge is 0.119 e. The molecule has 2 nitrogen and oxygen atoms in total. The topological polar surface area (TPSA) is 32.3 Å². The maximum atomic E-state index is 10.5. The lowest BCUT2D eigenvalue weighted by Crippen LogP contribution is -2.21. The van der Waals surface area contributed by atoms with Crippen LogP contribution in [-0.2, 0) is 11.7 Å². The molecule has 3 aromatic carbocycles. The van der Waals surface area contributed by atoms with Gasteiger partial charge in [-0.2, -0.15) is 0 Å². The van der Waals surface area contributed by atoms with Crippen molar-refractivity contribution >= 4 is 19.6 Å². The summed E-state index contributed by atoms with van der Waals surface area (Å²) in [5.41, 5.74) is 5.97. The number of aryl methyl sites for hydroxylation is 2. The van der Waals surface area contributed by atoms with E-state index in [1.54, 1.807) is 0 Å². The van der Waals surface area contributed by atoms with Gasteiger partial charge in [0.2, 0.25) is 0 Å². The summed E-state index contributed by atoms with van der Waals surface area (Å²) in [4.78, 5) is 0. The van der Waals surface area contributed by atoms with Crippen molar-refractivity contribution in [2.45, 2.75) is 45.8 Å². The number of hydrogen-bond acceptors (Lipinski definition) is 2. The predicted octanol–water partition coefficient (Wildman–Crippen LogP) is 6.25. The molecule has 0 radical (unpaired) electrons. The summed E-state index contributed by atoms with van der Waals surface area (Å²) in [5.74, 6) is 0.401. The highest BCUT2D eigenvalue weighted by molar-refractivity contribution is 7.48. The lowest BCUT2D eigenvalue weighted by atomic mass is 9.95. The van der Waals surface area contributed by atoms with Gasteiger partial charge in [0.1, 0.15) is 5.75 Å². The Bertz CT molecular complexity index is 939. The summed E-state index contributed by atoms with van der Waals surface area (Å²) in [6, 6.07) is 23.0. The second-order valence-corrected chi connectivity index (χ2v) is 9.60. The van der Waals surface area contributed by atoms with Crippen LogP contribution < -0.4 is 10.6 Å². The average molecular weight is 391 g/mol. The highest BCUT2D eigenvalue weighted by Crippen LogP contribution is 2.47. The standard InChI is InChI=1S/C25H30NOP/c1-5-25(4,22-16-19(3)11-13-23(22)27)28-24-14-12-18(2)15-20(24)17-26-21-9-7-6-8-10-21/h6-16,26-28H,5,17H2,1-4H3. The Labute approximate surface area is 170 Å². The molecule has 0 heterocycles. The maximum Gasteiger partial charge on any atom is 0.119 e. The highest BCUT2D eigenvalue weighted by atomic mass is 31.1. The minimum Gasteiger partial charge on any atom is -0.508 e. The quantitative estimate of drug-likeness (QED) is 0.467. The van der Waals surface area contributed by atoms with Crippen LogP contribution in [0, 0.1) is 13.8 Å². The van der Waals surface area contributed by atoms with Crippen LogP contribution in [0.3, 0.4) is 0 Å². The van der Waals surface area contributed by atoms with Gasteiger partial charge >= 0.3 is 0 Å². The molecule has 0 aliphatic carbocycles. The average Bonchev–Trinajstić information content (AvgIpc) is 2.70. The van der Waals surface area contributed by atoms with E-state index in [2.05, 4.69) is 81.5 Å². The van der Waals surface area contributed by atoms with E-state index in [1.165, 1.54) is 22.0 Å². The highest BCUT2D eigenvalue weighted by Gasteiger charge is 2.29. The zero-order chi connectivity index (χ0) is 20.1. The number of rotatable bonds is 7. The Hall–Kier alpha value is -2.31. The van der Waals surface area contributed by atoms with E-state index in [0.29, 0.717) is 14.3 Å². The molecular weight excluding hydrogens is 361 g/mol. The van der Waals surface area contributed by atoms with Crippen LogP contribution in [0.2, 0.25) is 0 Å². The van der Waals surface area contributed by atoms with E-state index < -0.39 is 0 Å². The molecule has 0 saturated carbocycles. The summed E-state index contributed by atoms with van der Waals surface area (Å²) in [6.07, 6.45) is 0.974. The molecule has 0 fully saturated rings. The van der Waals surface area contributed by atoms with Crippen molar-refractivity contribution in [1.82, 2.24) is 0 Å². The van der Waals surface area contributed by atoms with Gasteiger partial charge in [-0.15, -0.1) is 0 Å². The Morgan fingerprint density at radius 2 is 1.61 bits per heavy atom. The number of para-hydroxylation sites is 1. The molecule has 146 valence electrons. The van der Waals surface area contributed by atoms with Gasteiger partial charge in [-0.05, 0) is 49.3 Å².